The third-order valence-electron chi connectivity index (χ3n) is 1.61. The molecule has 1 amide bonds. The highest BCUT2D eigenvalue weighted by atomic mass is 32.1. The predicted octanol–water partition coefficient (Wildman–Crippen LogP) is 1.52. The molecule has 0 unspecified atom stereocenters. The molecule has 0 spiro atoms. The second-order valence-electron chi connectivity index (χ2n) is 3.74. The van der Waals surface area contributed by atoms with Crippen molar-refractivity contribution in [2.24, 2.45) is 0 Å². The van der Waals surface area contributed by atoms with Gasteiger partial charge in [0, 0.05) is 23.7 Å². The van der Waals surface area contributed by atoms with Gasteiger partial charge in [-0.15, -0.1) is 0 Å². The van der Waals surface area contributed by atoms with Gasteiger partial charge in [0.25, 0.3) is 5.91 Å². The third kappa shape index (κ3) is 3.79. The lowest BCUT2D eigenvalue weighted by molar-refractivity contribution is 0.0950. The van der Waals surface area contributed by atoms with Crippen molar-refractivity contribution in [3.8, 4) is 0 Å². The minimum Gasteiger partial charge on any atom is -0.351 e. The monoisotopic (exact) mass is 210 g/mol. The van der Waals surface area contributed by atoms with E-state index in [0.717, 1.165) is 0 Å². The lowest BCUT2D eigenvalue weighted by Crippen LogP contribution is -2.34. The molecular weight excluding hydrogens is 196 g/mol. The molecule has 3 nitrogen and oxygen atoms in total. The zero-order chi connectivity index (χ0) is 10.6. The summed E-state index contributed by atoms with van der Waals surface area (Å²) < 4.78 is -0.197. The standard InChI is InChI=1S/C10H14N2OS/c1-10(2,14)7-12-9(13)8-4-3-5-11-6-8/h3-6,14H,7H2,1-2H3,(H,12,13). The van der Waals surface area contributed by atoms with Crippen LogP contribution in [-0.4, -0.2) is 22.2 Å². The van der Waals surface area contributed by atoms with Gasteiger partial charge in [0.15, 0.2) is 0 Å². The van der Waals surface area contributed by atoms with Gasteiger partial charge < -0.3 is 5.32 Å². The Morgan fingerprint density at radius 3 is 2.86 bits per heavy atom. The quantitative estimate of drug-likeness (QED) is 0.743. The SMILES string of the molecule is CC(C)(S)CNC(=O)c1cccnc1. The highest BCUT2D eigenvalue weighted by molar-refractivity contribution is 7.81. The lowest BCUT2D eigenvalue weighted by atomic mass is 10.2. The van der Waals surface area contributed by atoms with Gasteiger partial charge in [-0.25, -0.2) is 0 Å². The Bertz CT molecular complexity index is 306. The Kier molecular flexibility index (Phi) is 3.52. The Morgan fingerprint density at radius 1 is 1.64 bits per heavy atom. The van der Waals surface area contributed by atoms with Crippen LogP contribution < -0.4 is 5.32 Å². The molecule has 1 heterocycles. The van der Waals surface area contributed by atoms with Gasteiger partial charge in [0.2, 0.25) is 0 Å². The molecule has 1 aromatic heterocycles. The maximum absolute atomic E-state index is 11.5. The number of hydrogen-bond donors (Lipinski definition) is 2. The van der Waals surface area contributed by atoms with Crippen molar-refractivity contribution >= 4 is 18.5 Å². The molecule has 0 aliphatic heterocycles. The summed E-state index contributed by atoms with van der Waals surface area (Å²) in [4.78, 5) is 15.4. The molecule has 0 bridgehead atoms. The van der Waals surface area contributed by atoms with Crippen LogP contribution in [0.1, 0.15) is 24.2 Å². The largest absolute Gasteiger partial charge is 0.351 e. The van der Waals surface area contributed by atoms with Gasteiger partial charge in [-0.2, -0.15) is 12.6 Å². The van der Waals surface area contributed by atoms with E-state index in [4.69, 9.17) is 0 Å². The van der Waals surface area contributed by atoms with Crippen molar-refractivity contribution in [1.82, 2.24) is 10.3 Å². The molecular formula is C10H14N2OS. The molecule has 76 valence electrons. The summed E-state index contributed by atoms with van der Waals surface area (Å²) in [6, 6.07) is 3.47. The van der Waals surface area contributed by atoms with Crippen LogP contribution in [0.3, 0.4) is 0 Å². The van der Waals surface area contributed by atoms with E-state index in [9.17, 15) is 4.79 Å². The van der Waals surface area contributed by atoms with Crippen LogP contribution in [0.2, 0.25) is 0 Å². The zero-order valence-corrected chi connectivity index (χ0v) is 9.21. The number of carbonyl (C=O) groups excluding carboxylic acids is 1. The third-order valence-corrected chi connectivity index (χ3v) is 1.76. The van der Waals surface area contributed by atoms with Gasteiger partial charge in [0.05, 0.1) is 5.56 Å². The fourth-order valence-corrected chi connectivity index (χ4v) is 0.975. The molecule has 0 aliphatic rings. The number of nitrogens with one attached hydrogen (secondary N) is 1. The lowest BCUT2D eigenvalue weighted by Gasteiger charge is -2.17. The van der Waals surface area contributed by atoms with E-state index < -0.39 is 0 Å². The number of amides is 1. The number of hydrogen-bond acceptors (Lipinski definition) is 3. The van der Waals surface area contributed by atoms with Crippen LogP contribution in [-0.2, 0) is 0 Å². The number of rotatable bonds is 3. The van der Waals surface area contributed by atoms with Gasteiger partial charge in [-0.1, -0.05) is 0 Å². The van der Waals surface area contributed by atoms with Crippen molar-refractivity contribution < 1.29 is 4.79 Å². The molecule has 1 N–H and O–H groups in total. The van der Waals surface area contributed by atoms with E-state index >= 15 is 0 Å². The van der Waals surface area contributed by atoms with Crippen molar-refractivity contribution in [3.63, 3.8) is 0 Å². The van der Waals surface area contributed by atoms with Crippen LogP contribution in [0.5, 0.6) is 0 Å². The van der Waals surface area contributed by atoms with E-state index in [-0.39, 0.29) is 10.7 Å². The van der Waals surface area contributed by atoms with Gasteiger partial charge in [-0.05, 0) is 26.0 Å². The minimum atomic E-state index is -0.197. The number of pyridine rings is 1. The summed E-state index contributed by atoms with van der Waals surface area (Å²) in [7, 11) is 0. The van der Waals surface area contributed by atoms with E-state index in [0.29, 0.717) is 12.1 Å². The van der Waals surface area contributed by atoms with E-state index in [2.05, 4.69) is 22.9 Å². The highest BCUT2D eigenvalue weighted by Crippen LogP contribution is 2.09. The average Bonchev–Trinajstić information content (AvgIpc) is 2.14. The molecule has 1 aromatic rings. The summed E-state index contributed by atoms with van der Waals surface area (Å²) in [6.07, 6.45) is 3.18. The van der Waals surface area contributed by atoms with Crippen molar-refractivity contribution in [3.05, 3.63) is 30.1 Å². The second kappa shape index (κ2) is 4.46. The number of carbonyl (C=O) groups is 1. The van der Waals surface area contributed by atoms with E-state index in [1.165, 1.54) is 0 Å². The molecule has 14 heavy (non-hydrogen) atoms. The summed E-state index contributed by atoms with van der Waals surface area (Å²) in [5.41, 5.74) is 0.574. The molecule has 0 radical (unpaired) electrons. The molecule has 0 aliphatic carbocycles. The van der Waals surface area contributed by atoms with Gasteiger partial charge >= 0.3 is 0 Å². The average molecular weight is 210 g/mol. The minimum absolute atomic E-state index is 0.111. The van der Waals surface area contributed by atoms with Crippen LogP contribution >= 0.6 is 12.6 Å². The van der Waals surface area contributed by atoms with Crippen molar-refractivity contribution in [1.29, 1.82) is 0 Å². The Morgan fingerprint density at radius 2 is 2.36 bits per heavy atom. The number of thiol groups is 1. The molecule has 0 atom stereocenters. The van der Waals surface area contributed by atoms with Gasteiger partial charge in [-0.3, -0.25) is 9.78 Å². The molecule has 0 saturated heterocycles. The Balaban J connectivity index is 2.52. The molecule has 1 rings (SSSR count). The molecule has 4 heteroatoms. The number of nitrogens with zero attached hydrogens (tertiary/aromatic N) is 1. The zero-order valence-electron chi connectivity index (χ0n) is 8.32. The Labute approximate surface area is 89.3 Å². The van der Waals surface area contributed by atoms with E-state index in [1.807, 2.05) is 13.8 Å². The van der Waals surface area contributed by atoms with Gasteiger partial charge in [0.1, 0.15) is 0 Å². The maximum atomic E-state index is 11.5. The first-order valence-corrected chi connectivity index (χ1v) is 4.84. The van der Waals surface area contributed by atoms with Crippen LogP contribution in [0.4, 0.5) is 0 Å². The summed E-state index contributed by atoms with van der Waals surface area (Å²) in [5, 5.41) is 2.78. The highest BCUT2D eigenvalue weighted by Gasteiger charge is 2.13. The van der Waals surface area contributed by atoms with Crippen LogP contribution in [0.25, 0.3) is 0 Å². The van der Waals surface area contributed by atoms with E-state index in [1.54, 1.807) is 24.5 Å². The Hall–Kier alpha value is -1.03. The fraction of sp³-hybridized carbons (Fsp3) is 0.400. The van der Waals surface area contributed by atoms with Crippen molar-refractivity contribution in [2.75, 3.05) is 6.54 Å². The van der Waals surface area contributed by atoms with Crippen molar-refractivity contribution in [2.45, 2.75) is 18.6 Å². The normalized spacial score (nSPS) is 11.1. The fourth-order valence-electron chi connectivity index (χ4n) is 0.896. The molecule has 0 saturated carbocycles. The first-order valence-electron chi connectivity index (χ1n) is 4.40. The summed E-state index contributed by atoms with van der Waals surface area (Å²) in [6.45, 7) is 4.42. The molecule has 0 fully saturated rings. The topological polar surface area (TPSA) is 42.0 Å². The smallest absolute Gasteiger partial charge is 0.252 e. The summed E-state index contributed by atoms with van der Waals surface area (Å²) in [5.74, 6) is -0.111. The first-order chi connectivity index (χ1) is 6.49. The molecule has 0 aromatic carbocycles. The van der Waals surface area contributed by atoms with Crippen LogP contribution in [0.15, 0.2) is 24.5 Å². The van der Waals surface area contributed by atoms with Crippen LogP contribution in [0, 0.1) is 0 Å². The summed E-state index contributed by atoms with van der Waals surface area (Å²) >= 11 is 4.31. The predicted molar refractivity (Wildman–Crippen MR) is 59.6 cm³/mol. The number of aromatic nitrogens is 1. The second-order valence-corrected chi connectivity index (χ2v) is 4.95. The first kappa shape index (κ1) is 11.0. The maximum Gasteiger partial charge on any atom is 0.252 e.